The normalized spacial score (nSPS) is 16.0. The molecule has 3 aromatic rings. The van der Waals surface area contributed by atoms with Gasteiger partial charge in [0.05, 0.1) is 22.7 Å². The molecule has 1 amide bonds. The Balaban J connectivity index is 1.52. The molecule has 0 bridgehead atoms. The number of aromatic amines is 1. The van der Waals surface area contributed by atoms with Gasteiger partial charge in [0.15, 0.2) is 0 Å². The minimum atomic E-state index is -0.177. The SMILES string of the molecule is CN(Cc1nc2ccccc2c(=O)[nH]1)C(=O)C1Cc2ccccc2S1. The van der Waals surface area contributed by atoms with E-state index in [9.17, 15) is 9.59 Å². The van der Waals surface area contributed by atoms with Crippen molar-refractivity contribution in [1.29, 1.82) is 0 Å². The first-order valence-corrected chi connectivity index (χ1v) is 8.97. The van der Waals surface area contributed by atoms with E-state index in [1.165, 1.54) is 10.5 Å². The van der Waals surface area contributed by atoms with Gasteiger partial charge in [0, 0.05) is 11.9 Å². The van der Waals surface area contributed by atoms with Gasteiger partial charge in [-0.3, -0.25) is 9.59 Å². The Kier molecular flexibility index (Phi) is 4.05. The molecule has 1 atom stereocenters. The molecule has 0 spiro atoms. The van der Waals surface area contributed by atoms with E-state index >= 15 is 0 Å². The van der Waals surface area contributed by atoms with E-state index in [0.717, 1.165) is 6.42 Å². The summed E-state index contributed by atoms with van der Waals surface area (Å²) in [4.78, 5) is 35.0. The Morgan fingerprint density at radius 1 is 1.24 bits per heavy atom. The number of hydrogen-bond acceptors (Lipinski definition) is 4. The largest absolute Gasteiger partial charge is 0.337 e. The summed E-state index contributed by atoms with van der Waals surface area (Å²) in [6.45, 7) is 0.284. The average molecular weight is 351 g/mol. The van der Waals surface area contributed by atoms with Crippen LogP contribution in [0.15, 0.2) is 58.2 Å². The second-order valence-corrected chi connectivity index (χ2v) is 7.39. The predicted octanol–water partition coefficient (Wildman–Crippen LogP) is 2.60. The zero-order valence-electron chi connectivity index (χ0n) is 13.7. The first-order valence-electron chi connectivity index (χ1n) is 8.09. The molecule has 1 aromatic heterocycles. The Morgan fingerprint density at radius 3 is 2.84 bits per heavy atom. The molecule has 1 N–H and O–H groups in total. The molecule has 4 rings (SSSR count). The van der Waals surface area contributed by atoms with Gasteiger partial charge in [-0.05, 0) is 30.2 Å². The number of carbonyl (C=O) groups is 1. The van der Waals surface area contributed by atoms with Gasteiger partial charge in [0.25, 0.3) is 5.56 Å². The quantitative estimate of drug-likeness (QED) is 0.788. The maximum Gasteiger partial charge on any atom is 0.258 e. The molecule has 1 aliphatic heterocycles. The third-order valence-electron chi connectivity index (χ3n) is 4.35. The minimum absolute atomic E-state index is 0.0528. The topological polar surface area (TPSA) is 66.1 Å². The predicted molar refractivity (Wildman–Crippen MR) is 98.6 cm³/mol. The molecule has 25 heavy (non-hydrogen) atoms. The third-order valence-corrected chi connectivity index (χ3v) is 5.65. The van der Waals surface area contributed by atoms with Crippen LogP contribution >= 0.6 is 11.8 Å². The molecule has 1 aliphatic rings. The number of benzene rings is 2. The molecule has 0 radical (unpaired) electrons. The third kappa shape index (κ3) is 3.05. The highest BCUT2D eigenvalue weighted by molar-refractivity contribution is 8.01. The van der Waals surface area contributed by atoms with Crippen LogP contribution in [0, 0.1) is 0 Å². The van der Waals surface area contributed by atoms with E-state index in [1.54, 1.807) is 35.8 Å². The second kappa shape index (κ2) is 6.37. The molecule has 0 aliphatic carbocycles. The highest BCUT2D eigenvalue weighted by atomic mass is 32.2. The first-order chi connectivity index (χ1) is 12.1. The highest BCUT2D eigenvalue weighted by Crippen LogP contribution is 2.37. The van der Waals surface area contributed by atoms with Gasteiger partial charge in [0.1, 0.15) is 5.82 Å². The van der Waals surface area contributed by atoms with Gasteiger partial charge in [-0.1, -0.05) is 30.3 Å². The molecule has 126 valence electrons. The van der Waals surface area contributed by atoms with Crippen molar-refractivity contribution in [2.75, 3.05) is 7.05 Å². The highest BCUT2D eigenvalue weighted by Gasteiger charge is 2.30. The number of hydrogen-bond donors (Lipinski definition) is 1. The van der Waals surface area contributed by atoms with Crippen LogP contribution in [0.5, 0.6) is 0 Å². The summed E-state index contributed by atoms with van der Waals surface area (Å²) in [6.07, 6.45) is 0.742. The maximum absolute atomic E-state index is 12.8. The molecule has 2 aromatic carbocycles. The van der Waals surface area contributed by atoms with Gasteiger partial charge >= 0.3 is 0 Å². The zero-order valence-corrected chi connectivity index (χ0v) is 14.5. The number of nitrogens with one attached hydrogen (secondary N) is 1. The number of fused-ring (bicyclic) bond motifs is 2. The van der Waals surface area contributed by atoms with Crippen LogP contribution in [-0.4, -0.2) is 33.1 Å². The number of nitrogens with zero attached hydrogens (tertiary/aromatic N) is 2. The summed E-state index contributed by atoms with van der Waals surface area (Å²) in [5, 5.41) is 0.441. The molecule has 6 heteroatoms. The van der Waals surface area contributed by atoms with Gasteiger partial charge < -0.3 is 9.88 Å². The Morgan fingerprint density at radius 2 is 2.00 bits per heavy atom. The Labute approximate surface area is 149 Å². The van der Waals surface area contributed by atoms with Crippen LogP contribution in [0.2, 0.25) is 0 Å². The molecule has 2 heterocycles. The first kappa shape index (κ1) is 15.9. The van der Waals surface area contributed by atoms with Crippen molar-refractivity contribution in [3.8, 4) is 0 Å². The van der Waals surface area contributed by atoms with Crippen molar-refractivity contribution in [1.82, 2.24) is 14.9 Å². The van der Waals surface area contributed by atoms with Crippen LogP contribution in [0.4, 0.5) is 0 Å². The van der Waals surface area contributed by atoms with Crippen molar-refractivity contribution in [3.05, 3.63) is 70.3 Å². The molecule has 5 nitrogen and oxygen atoms in total. The molecule has 0 saturated heterocycles. The lowest BCUT2D eigenvalue weighted by Crippen LogP contribution is -2.35. The van der Waals surface area contributed by atoms with Crippen LogP contribution in [0.3, 0.4) is 0 Å². The fourth-order valence-electron chi connectivity index (χ4n) is 3.08. The van der Waals surface area contributed by atoms with Gasteiger partial charge in [0.2, 0.25) is 5.91 Å². The zero-order chi connectivity index (χ0) is 17.4. The fourth-order valence-corrected chi connectivity index (χ4v) is 4.39. The number of para-hydroxylation sites is 1. The van der Waals surface area contributed by atoms with Crippen molar-refractivity contribution in [2.24, 2.45) is 0 Å². The standard InChI is InChI=1S/C19H17N3O2S/c1-22(19(24)16-10-12-6-2-5-9-15(12)25-16)11-17-20-14-8-4-3-7-13(14)18(23)21-17/h2-9,16H,10-11H2,1H3,(H,20,21,23). The molecule has 0 saturated carbocycles. The second-order valence-electron chi connectivity index (χ2n) is 6.14. The van der Waals surface area contributed by atoms with E-state index in [-0.39, 0.29) is 23.3 Å². The molecule has 1 unspecified atom stereocenters. The molecular formula is C19H17N3O2S. The van der Waals surface area contributed by atoms with Crippen LogP contribution in [0.25, 0.3) is 10.9 Å². The van der Waals surface area contributed by atoms with E-state index in [1.807, 2.05) is 24.3 Å². The summed E-state index contributed by atoms with van der Waals surface area (Å²) in [7, 11) is 1.75. The van der Waals surface area contributed by atoms with Gasteiger partial charge in [-0.2, -0.15) is 0 Å². The van der Waals surface area contributed by atoms with Crippen LogP contribution < -0.4 is 5.56 Å². The number of rotatable bonds is 3. The molecular weight excluding hydrogens is 334 g/mol. The maximum atomic E-state index is 12.8. The summed E-state index contributed by atoms with van der Waals surface area (Å²) < 4.78 is 0. The number of thioether (sulfide) groups is 1. The van der Waals surface area contributed by atoms with E-state index in [4.69, 9.17) is 0 Å². The average Bonchev–Trinajstić information content (AvgIpc) is 3.05. The summed E-state index contributed by atoms with van der Waals surface area (Å²) >= 11 is 1.61. The van der Waals surface area contributed by atoms with Gasteiger partial charge in [-0.15, -0.1) is 11.8 Å². The fraction of sp³-hybridized carbons (Fsp3) is 0.211. The van der Waals surface area contributed by atoms with Crippen molar-refractivity contribution in [2.45, 2.75) is 23.1 Å². The van der Waals surface area contributed by atoms with E-state index < -0.39 is 0 Å². The Bertz CT molecular complexity index is 990. The van der Waals surface area contributed by atoms with Gasteiger partial charge in [-0.25, -0.2) is 4.98 Å². The lowest BCUT2D eigenvalue weighted by molar-refractivity contribution is -0.129. The Hall–Kier alpha value is -2.60. The van der Waals surface area contributed by atoms with Crippen LogP contribution in [0.1, 0.15) is 11.4 Å². The smallest absolute Gasteiger partial charge is 0.258 e. The lowest BCUT2D eigenvalue weighted by atomic mass is 10.1. The van der Waals surface area contributed by atoms with Crippen molar-refractivity contribution in [3.63, 3.8) is 0 Å². The van der Waals surface area contributed by atoms with Crippen molar-refractivity contribution >= 4 is 28.6 Å². The van der Waals surface area contributed by atoms with E-state index in [2.05, 4.69) is 22.1 Å². The summed E-state index contributed by atoms with van der Waals surface area (Å²) in [5.41, 5.74) is 1.69. The number of amides is 1. The minimum Gasteiger partial charge on any atom is -0.337 e. The van der Waals surface area contributed by atoms with Crippen molar-refractivity contribution < 1.29 is 4.79 Å². The number of aromatic nitrogens is 2. The number of carbonyl (C=O) groups excluding carboxylic acids is 1. The number of H-pyrrole nitrogens is 1. The summed E-state index contributed by atoms with van der Waals surface area (Å²) in [5.74, 6) is 0.553. The van der Waals surface area contributed by atoms with E-state index in [0.29, 0.717) is 16.7 Å². The lowest BCUT2D eigenvalue weighted by Gasteiger charge is -2.20. The summed E-state index contributed by atoms with van der Waals surface area (Å²) in [6, 6.07) is 15.3. The van der Waals surface area contributed by atoms with Crippen LogP contribution in [-0.2, 0) is 17.8 Å². The monoisotopic (exact) mass is 351 g/mol. The molecule has 0 fully saturated rings.